The van der Waals surface area contributed by atoms with E-state index in [-0.39, 0.29) is 12.5 Å². The van der Waals surface area contributed by atoms with E-state index in [1.807, 2.05) is 24.3 Å². The van der Waals surface area contributed by atoms with Gasteiger partial charge in [0.15, 0.2) is 0 Å². The van der Waals surface area contributed by atoms with Crippen molar-refractivity contribution in [1.82, 2.24) is 4.72 Å². The Morgan fingerprint density at radius 2 is 1.84 bits per heavy atom. The molecular weight excluding hydrogens is 264 g/mol. The third kappa shape index (κ3) is 5.40. The van der Waals surface area contributed by atoms with Gasteiger partial charge < -0.3 is 4.90 Å². The molecule has 0 aliphatic carbocycles. The normalized spacial score (nSPS) is 11.3. The highest BCUT2D eigenvalue weighted by Crippen LogP contribution is 2.15. The fraction of sp³-hybridized carbons (Fsp3) is 0.462. The Hall–Kier alpha value is -1.40. The van der Waals surface area contributed by atoms with Gasteiger partial charge in [-0.25, -0.2) is 13.1 Å². The molecule has 1 N–H and O–H groups in total. The Kier molecular flexibility index (Phi) is 5.50. The molecule has 0 unspecified atom stereocenters. The minimum Gasteiger partial charge on any atom is -0.311 e. The third-order valence-corrected chi connectivity index (χ3v) is 3.46. The molecule has 1 rings (SSSR count). The first kappa shape index (κ1) is 15.7. The summed E-state index contributed by atoms with van der Waals surface area (Å²) in [5.41, 5.74) is 1.97. The Labute approximate surface area is 114 Å². The van der Waals surface area contributed by atoms with Gasteiger partial charge in [0.25, 0.3) is 0 Å². The van der Waals surface area contributed by atoms with Gasteiger partial charge in [-0.2, -0.15) is 0 Å². The molecule has 0 atom stereocenters. The molecule has 0 heterocycles. The molecule has 0 aliphatic rings. The van der Waals surface area contributed by atoms with Crippen LogP contribution < -0.4 is 9.62 Å². The number of carbonyl (C=O) groups is 1. The van der Waals surface area contributed by atoms with E-state index in [1.54, 1.807) is 4.90 Å². The van der Waals surface area contributed by atoms with Gasteiger partial charge in [0, 0.05) is 25.7 Å². The number of nitrogens with one attached hydrogen (secondary N) is 1. The number of benzene rings is 1. The SMILES string of the molecule is CCc1ccc(N(CCNS(C)(=O)=O)C(C)=O)cc1. The average molecular weight is 284 g/mol. The second kappa shape index (κ2) is 6.68. The summed E-state index contributed by atoms with van der Waals surface area (Å²) >= 11 is 0. The van der Waals surface area contributed by atoms with E-state index in [9.17, 15) is 13.2 Å². The van der Waals surface area contributed by atoms with Crippen molar-refractivity contribution in [1.29, 1.82) is 0 Å². The number of nitrogens with zero attached hydrogens (tertiary/aromatic N) is 1. The third-order valence-electron chi connectivity index (χ3n) is 2.74. The number of hydrogen-bond donors (Lipinski definition) is 1. The molecular formula is C13H20N2O3S. The summed E-state index contributed by atoms with van der Waals surface area (Å²) in [6.07, 6.45) is 2.04. The van der Waals surface area contributed by atoms with E-state index in [2.05, 4.69) is 11.6 Å². The largest absolute Gasteiger partial charge is 0.311 e. The quantitative estimate of drug-likeness (QED) is 0.852. The fourth-order valence-electron chi connectivity index (χ4n) is 1.72. The summed E-state index contributed by atoms with van der Waals surface area (Å²) in [4.78, 5) is 13.2. The van der Waals surface area contributed by atoms with Crippen LogP contribution in [0.15, 0.2) is 24.3 Å². The lowest BCUT2D eigenvalue weighted by Crippen LogP contribution is -2.37. The van der Waals surface area contributed by atoms with Crippen molar-refractivity contribution in [2.75, 3.05) is 24.2 Å². The highest BCUT2D eigenvalue weighted by molar-refractivity contribution is 7.88. The van der Waals surface area contributed by atoms with Crippen LogP contribution in [0.3, 0.4) is 0 Å². The summed E-state index contributed by atoms with van der Waals surface area (Å²) < 4.78 is 24.4. The molecule has 6 heteroatoms. The van der Waals surface area contributed by atoms with Crippen LogP contribution in [0.4, 0.5) is 5.69 Å². The molecule has 106 valence electrons. The Bertz CT molecular complexity index is 523. The molecule has 0 saturated heterocycles. The molecule has 0 fully saturated rings. The number of hydrogen-bond acceptors (Lipinski definition) is 3. The molecule has 1 aromatic carbocycles. The molecule has 0 aromatic heterocycles. The molecule has 0 saturated carbocycles. The van der Waals surface area contributed by atoms with Crippen LogP contribution in [0, 0.1) is 0 Å². The summed E-state index contributed by atoms with van der Waals surface area (Å²) in [5, 5.41) is 0. The fourth-order valence-corrected chi connectivity index (χ4v) is 2.18. The van der Waals surface area contributed by atoms with E-state index >= 15 is 0 Å². The summed E-state index contributed by atoms with van der Waals surface area (Å²) in [6, 6.07) is 7.69. The number of anilines is 1. The van der Waals surface area contributed by atoms with Gasteiger partial charge in [0.05, 0.1) is 6.26 Å². The lowest BCUT2D eigenvalue weighted by atomic mass is 10.1. The van der Waals surface area contributed by atoms with Crippen LogP contribution in [0.2, 0.25) is 0 Å². The molecule has 1 amide bonds. The maximum absolute atomic E-state index is 11.6. The van der Waals surface area contributed by atoms with Gasteiger partial charge in [-0.05, 0) is 24.1 Å². The number of amides is 1. The molecule has 0 spiro atoms. The van der Waals surface area contributed by atoms with Crippen LogP contribution in [0.5, 0.6) is 0 Å². The molecule has 1 aromatic rings. The first-order valence-corrected chi connectivity index (χ1v) is 8.04. The van der Waals surface area contributed by atoms with E-state index in [1.165, 1.54) is 12.5 Å². The van der Waals surface area contributed by atoms with Crippen molar-refractivity contribution in [2.45, 2.75) is 20.3 Å². The van der Waals surface area contributed by atoms with Crippen LogP contribution in [0.25, 0.3) is 0 Å². The number of rotatable bonds is 6. The standard InChI is InChI=1S/C13H20N2O3S/c1-4-12-5-7-13(8-6-12)15(11(2)16)10-9-14-19(3,17)18/h5-8,14H,4,9-10H2,1-3H3. The predicted octanol–water partition coefficient (Wildman–Crippen LogP) is 1.15. The Morgan fingerprint density at radius 3 is 2.26 bits per heavy atom. The first-order chi connectivity index (χ1) is 8.83. The summed E-state index contributed by atoms with van der Waals surface area (Å²) in [6.45, 7) is 4.05. The van der Waals surface area contributed by atoms with Gasteiger partial charge >= 0.3 is 0 Å². The first-order valence-electron chi connectivity index (χ1n) is 6.15. The minimum atomic E-state index is -3.23. The van der Waals surface area contributed by atoms with Crippen LogP contribution >= 0.6 is 0 Å². The Morgan fingerprint density at radius 1 is 1.26 bits per heavy atom. The Balaban J connectivity index is 2.74. The van der Waals surface area contributed by atoms with Crippen molar-refractivity contribution >= 4 is 21.6 Å². The zero-order chi connectivity index (χ0) is 14.5. The number of sulfonamides is 1. The highest BCUT2D eigenvalue weighted by Gasteiger charge is 2.11. The van der Waals surface area contributed by atoms with Crippen molar-refractivity contribution in [3.63, 3.8) is 0 Å². The monoisotopic (exact) mass is 284 g/mol. The number of carbonyl (C=O) groups excluding carboxylic acids is 1. The minimum absolute atomic E-state index is 0.112. The second-order valence-corrected chi connectivity index (χ2v) is 6.19. The summed E-state index contributed by atoms with van der Waals surface area (Å²) in [7, 11) is -3.23. The molecule has 5 nitrogen and oxygen atoms in total. The van der Waals surface area contributed by atoms with Gasteiger partial charge in [-0.15, -0.1) is 0 Å². The van der Waals surface area contributed by atoms with Crippen molar-refractivity contribution < 1.29 is 13.2 Å². The van der Waals surface area contributed by atoms with Gasteiger partial charge in [0.1, 0.15) is 0 Å². The van der Waals surface area contributed by atoms with Crippen LogP contribution in [-0.4, -0.2) is 33.7 Å². The van der Waals surface area contributed by atoms with Crippen molar-refractivity contribution in [3.05, 3.63) is 29.8 Å². The van der Waals surface area contributed by atoms with E-state index in [0.717, 1.165) is 18.4 Å². The lowest BCUT2D eigenvalue weighted by molar-refractivity contribution is -0.116. The van der Waals surface area contributed by atoms with Crippen molar-refractivity contribution in [3.8, 4) is 0 Å². The summed E-state index contributed by atoms with van der Waals surface area (Å²) in [5.74, 6) is -0.112. The van der Waals surface area contributed by atoms with E-state index in [0.29, 0.717) is 6.54 Å². The van der Waals surface area contributed by atoms with E-state index < -0.39 is 10.0 Å². The molecule has 0 radical (unpaired) electrons. The maximum atomic E-state index is 11.6. The zero-order valence-electron chi connectivity index (χ0n) is 11.5. The molecule has 19 heavy (non-hydrogen) atoms. The highest BCUT2D eigenvalue weighted by atomic mass is 32.2. The second-order valence-electron chi connectivity index (χ2n) is 4.36. The van der Waals surface area contributed by atoms with E-state index in [4.69, 9.17) is 0 Å². The zero-order valence-corrected chi connectivity index (χ0v) is 12.3. The maximum Gasteiger partial charge on any atom is 0.223 e. The topological polar surface area (TPSA) is 66.5 Å². The smallest absolute Gasteiger partial charge is 0.223 e. The van der Waals surface area contributed by atoms with Crippen LogP contribution in [-0.2, 0) is 21.2 Å². The average Bonchev–Trinajstić information content (AvgIpc) is 2.33. The van der Waals surface area contributed by atoms with Crippen LogP contribution in [0.1, 0.15) is 19.4 Å². The molecule has 0 bridgehead atoms. The molecule has 0 aliphatic heterocycles. The predicted molar refractivity (Wildman–Crippen MR) is 76.7 cm³/mol. The van der Waals surface area contributed by atoms with Gasteiger partial charge in [0.2, 0.25) is 15.9 Å². The lowest BCUT2D eigenvalue weighted by Gasteiger charge is -2.21. The van der Waals surface area contributed by atoms with Gasteiger partial charge in [-0.1, -0.05) is 19.1 Å². The van der Waals surface area contributed by atoms with Crippen molar-refractivity contribution in [2.24, 2.45) is 0 Å². The number of aryl methyl sites for hydroxylation is 1. The van der Waals surface area contributed by atoms with Gasteiger partial charge in [-0.3, -0.25) is 4.79 Å².